The lowest BCUT2D eigenvalue weighted by atomic mass is 9.28. The first kappa shape index (κ1) is 18.1. The van der Waals surface area contributed by atoms with E-state index in [9.17, 15) is 0 Å². The first-order valence-corrected chi connectivity index (χ1v) is 9.76. The van der Waals surface area contributed by atoms with E-state index in [1.165, 1.54) is 76.7 Å². The van der Waals surface area contributed by atoms with Gasteiger partial charge in [-0.1, -0.05) is 40.5 Å². The molecular formula is C16H40B2N2. The van der Waals surface area contributed by atoms with Gasteiger partial charge in [-0.25, -0.2) is 0 Å². The van der Waals surface area contributed by atoms with Crippen molar-refractivity contribution < 1.29 is 10.5 Å². The zero-order chi connectivity index (χ0) is 14.9. The van der Waals surface area contributed by atoms with Gasteiger partial charge in [-0.15, -0.1) is 37.9 Å². The summed E-state index contributed by atoms with van der Waals surface area (Å²) in [7, 11) is 0. The minimum Gasteiger partial charge on any atom is -0.537 e. The fraction of sp³-hybridized carbons (Fsp3) is 1.00. The first-order valence-electron chi connectivity index (χ1n) is 9.76. The third kappa shape index (κ3) is 5.11. The first-order chi connectivity index (χ1) is 9.66. The molecular weight excluding hydrogens is 242 g/mol. The van der Waals surface area contributed by atoms with Crippen LogP contribution in [0.2, 0.25) is 37.9 Å². The largest absolute Gasteiger partial charge is 0.537 e. The number of nitrogens with two attached hydrogens (primary N) is 2. The maximum atomic E-state index is 2.63. The predicted molar refractivity (Wildman–Crippen MR) is 95.1 cm³/mol. The number of hydrogen-bond donors (Lipinski definition) is 2. The van der Waals surface area contributed by atoms with Gasteiger partial charge in [-0.05, 0) is 12.8 Å². The smallest absolute Gasteiger partial charge is 0.206 e. The SMILES string of the molecule is CC[B-]1(CC)CCCC[NH2+]1.CC[B-]1(CC)CCCC[NH2+]1. The van der Waals surface area contributed by atoms with Crippen LogP contribution in [0, 0.1) is 0 Å². The summed E-state index contributed by atoms with van der Waals surface area (Å²) in [5.74, 6) is 0. The lowest BCUT2D eigenvalue weighted by Gasteiger charge is -2.37. The van der Waals surface area contributed by atoms with Crippen molar-refractivity contribution in [2.24, 2.45) is 0 Å². The molecule has 2 nitrogen and oxygen atoms in total. The molecule has 2 aliphatic rings. The van der Waals surface area contributed by atoms with Crippen molar-refractivity contribution >= 4 is 12.6 Å². The van der Waals surface area contributed by atoms with Crippen LogP contribution in [0.3, 0.4) is 0 Å². The highest BCUT2D eigenvalue weighted by Gasteiger charge is 2.29. The Balaban J connectivity index is 0.000000200. The molecule has 20 heavy (non-hydrogen) atoms. The Kier molecular flexibility index (Phi) is 8.28. The Labute approximate surface area is 128 Å². The van der Waals surface area contributed by atoms with E-state index in [1.807, 2.05) is 0 Å². The fourth-order valence-corrected chi connectivity index (χ4v) is 4.63. The monoisotopic (exact) mass is 282 g/mol. The van der Waals surface area contributed by atoms with Crippen molar-refractivity contribution in [3.05, 3.63) is 0 Å². The minimum atomic E-state index is 0.0104. The second-order valence-electron chi connectivity index (χ2n) is 7.82. The highest BCUT2D eigenvalue weighted by atomic mass is 14.8. The van der Waals surface area contributed by atoms with Gasteiger partial charge >= 0.3 is 0 Å². The molecule has 0 unspecified atom stereocenters. The van der Waals surface area contributed by atoms with Crippen molar-refractivity contribution in [3.63, 3.8) is 0 Å². The Morgan fingerprint density at radius 2 is 0.950 bits per heavy atom. The van der Waals surface area contributed by atoms with Gasteiger partial charge in [-0.3, -0.25) is 0 Å². The Morgan fingerprint density at radius 3 is 1.10 bits per heavy atom. The van der Waals surface area contributed by atoms with Crippen molar-refractivity contribution in [3.8, 4) is 0 Å². The summed E-state index contributed by atoms with van der Waals surface area (Å²) in [6.07, 6.45) is 14.6. The quantitative estimate of drug-likeness (QED) is 0.743. The summed E-state index contributed by atoms with van der Waals surface area (Å²) in [4.78, 5) is 0. The summed E-state index contributed by atoms with van der Waals surface area (Å²) in [6.45, 7) is 12.2. The molecule has 120 valence electrons. The van der Waals surface area contributed by atoms with E-state index in [0.29, 0.717) is 0 Å². The molecule has 0 bridgehead atoms. The molecule has 0 aromatic rings. The van der Waals surface area contributed by atoms with Crippen LogP contribution in [-0.2, 0) is 0 Å². The summed E-state index contributed by atoms with van der Waals surface area (Å²) in [5.41, 5.74) is 0. The molecule has 0 aromatic carbocycles. The molecule has 0 aliphatic carbocycles. The Bertz CT molecular complexity index is 209. The topological polar surface area (TPSA) is 33.2 Å². The summed E-state index contributed by atoms with van der Waals surface area (Å²) in [6, 6.07) is 0. The van der Waals surface area contributed by atoms with Gasteiger partial charge in [0.2, 0.25) is 12.6 Å². The summed E-state index contributed by atoms with van der Waals surface area (Å²) in [5, 5.41) is 5.26. The lowest BCUT2D eigenvalue weighted by Crippen LogP contribution is -3.01. The van der Waals surface area contributed by atoms with Crippen molar-refractivity contribution in [1.82, 2.24) is 0 Å². The average Bonchev–Trinajstić information content (AvgIpc) is 2.56. The maximum absolute atomic E-state index is 2.63. The predicted octanol–water partition coefficient (Wildman–Crippen LogP) is 2.66. The fourth-order valence-electron chi connectivity index (χ4n) is 4.63. The van der Waals surface area contributed by atoms with Crippen LogP contribution >= 0.6 is 0 Å². The molecule has 0 aromatic heterocycles. The molecule has 2 heterocycles. The molecule has 2 rings (SSSR count). The lowest BCUT2D eigenvalue weighted by molar-refractivity contribution is -0.539. The normalized spacial score (nSPS) is 24.6. The average molecular weight is 282 g/mol. The molecule has 0 saturated carbocycles. The van der Waals surface area contributed by atoms with Crippen molar-refractivity contribution in [2.45, 2.75) is 91.3 Å². The van der Waals surface area contributed by atoms with E-state index in [-0.39, 0.29) is 12.6 Å². The van der Waals surface area contributed by atoms with Gasteiger partial charge < -0.3 is 10.5 Å². The van der Waals surface area contributed by atoms with Gasteiger partial charge in [0.05, 0.1) is 0 Å². The van der Waals surface area contributed by atoms with E-state index < -0.39 is 0 Å². The summed E-state index contributed by atoms with van der Waals surface area (Å²) < 4.78 is 0. The van der Waals surface area contributed by atoms with E-state index in [2.05, 4.69) is 38.2 Å². The molecule has 2 saturated heterocycles. The molecule has 2 fully saturated rings. The summed E-state index contributed by atoms with van der Waals surface area (Å²) >= 11 is 0. The van der Waals surface area contributed by atoms with Crippen LogP contribution in [0.15, 0.2) is 0 Å². The number of rotatable bonds is 4. The molecule has 0 radical (unpaired) electrons. The highest BCUT2D eigenvalue weighted by molar-refractivity contribution is 6.71. The van der Waals surface area contributed by atoms with Gasteiger partial charge in [0.15, 0.2) is 0 Å². The van der Waals surface area contributed by atoms with Gasteiger partial charge in [0, 0.05) is 13.1 Å². The standard InChI is InChI=1S/2C8H20BN/c2*1-3-9(4-2)7-5-6-8-10-9/h2*3-8,10H2,1-2H3. The number of quaternary nitrogens is 2. The van der Waals surface area contributed by atoms with Gasteiger partial charge in [0.1, 0.15) is 0 Å². The Morgan fingerprint density at radius 1 is 0.600 bits per heavy atom. The van der Waals surface area contributed by atoms with Crippen LogP contribution in [0.1, 0.15) is 53.4 Å². The molecule has 2 aliphatic heterocycles. The van der Waals surface area contributed by atoms with Crippen LogP contribution in [0.5, 0.6) is 0 Å². The van der Waals surface area contributed by atoms with E-state index >= 15 is 0 Å². The van der Waals surface area contributed by atoms with E-state index in [0.717, 1.165) is 0 Å². The third-order valence-corrected chi connectivity index (χ3v) is 7.05. The second kappa shape index (κ2) is 9.15. The van der Waals surface area contributed by atoms with Crippen molar-refractivity contribution in [1.29, 1.82) is 0 Å². The molecule has 0 amide bonds. The third-order valence-electron chi connectivity index (χ3n) is 7.05. The van der Waals surface area contributed by atoms with Gasteiger partial charge in [0.25, 0.3) is 0 Å². The van der Waals surface area contributed by atoms with E-state index in [1.54, 1.807) is 0 Å². The van der Waals surface area contributed by atoms with Crippen LogP contribution in [0.25, 0.3) is 0 Å². The molecule has 0 spiro atoms. The second-order valence-corrected chi connectivity index (χ2v) is 7.82. The zero-order valence-electron chi connectivity index (χ0n) is 14.8. The van der Waals surface area contributed by atoms with Crippen molar-refractivity contribution in [2.75, 3.05) is 13.1 Å². The highest BCUT2D eigenvalue weighted by Crippen LogP contribution is 2.18. The van der Waals surface area contributed by atoms with E-state index in [4.69, 9.17) is 0 Å². The molecule has 4 N–H and O–H groups in total. The van der Waals surface area contributed by atoms with Gasteiger partial charge in [-0.2, -0.15) is 0 Å². The zero-order valence-corrected chi connectivity index (χ0v) is 14.8. The Hall–Kier alpha value is 0.0499. The molecule has 0 atom stereocenters. The number of hydrogen-bond acceptors (Lipinski definition) is 0. The van der Waals surface area contributed by atoms with Crippen LogP contribution in [0.4, 0.5) is 0 Å². The molecule has 4 heteroatoms. The minimum absolute atomic E-state index is 0.0104. The van der Waals surface area contributed by atoms with Crippen LogP contribution < -0.4 is 10.5 Å². The van der Waals surface area contributed by atoms with Crippen LogP contribution in [-0.4, -0.2) is 25.7 Å². The maximum Gasteiger partial charge on any atom is 0.206 e.